The van der Waals surface area contributed by atoms with E-state index in [1.807, 2.05) is 32.4 Å². The SMILES string of the molecule is C=C(C)/C(C)=C\N=C(C)CCCc1ccncc1. The van der Waals surface area contributed by atoms with Gasteiger partial charge in [0.05, 0.1) is 0 Å². The minimum Gasteiger partial charge on any atom is -0.266 e. The Morgan fingerprint density at radius 2 is 1.94 bits per heavy atom. The van der Waals surface area contributed by atoms with Gasteiger partial charge in [0.25, 0.3) is 0 Å². The fourth-order valence-electron chi connectivity index (χ4n) is 1.48. The fourth-order valence-corrected chi connectivity index (χ4v) is 1.48. The Hall–Kier alpha value is -1.70. The van der Waals surface area contributed by atoms with E-state index in [9.17, 15) is 0 Å². The summed E-state index contributed by atoms with van der Waals surface area (Å²) in [6.07, 6.45) is 8.83. The van der Waals surface area contributed by atoms with Crippen LogP contribution in [0.5, 0.6) is 0 Å². The molecule has 1 heterocycles. The largest absolute Gasteiger partial charge is 0.266 e. The molecular weight excluding hydrogens is 220 g/mol. The standard InChI is InChI=1S/C16H22N2/c1-13(2)14(3)12-18-15(4)6-5-7-16-8-10-17-11-9-16/h8-12H,1,5-7H2,2-4H3/b14-12-,18-15?. The van der Waals surface area contributed by atoms with E-state index in [0.29, 0.717) is 0 Å². The lowest BCUT2D eigenvalue weighted by Crippen LogP contribution is -1.93. The Bertz CT molecular complexity index is 441. The Morgan fingerprint density at radius 3 is 2.56 bits per heavy atom. The summed E-state index contributed by atoms with van der Waals surface area (Å²) in [6, 6.07) is 4.13. The predicted octanol–water partition coefficient (Wildman–Crippen LogP) is 4.35. The van der Waals surface area contributed by atoms with Crippen LogP contribution in [0.1, 0.15) is 39.2 Å². The molecule has 1 aromatic heterocycles. The van der Waals surface area contributed by atoms with Gasteiger partial charge in [-0.1, -0.05) is 12.2 Å². The zero-order valence-electron chi connectivity index (χ0n) is 11.6. The van der Waals surface area contributed by atoms with Crippen molar-refractivity contribution in [1.29, 1.82) is 0 Å². The van der Waals surface area contributed by atoms with Crippen molar-refractivity contribution in [3.05, 3.63) is 54.0 Å². The van der Waals surface area contributed by atoms with Crippen LogP contribution in [-0.2, 0) is 6.42 Å². The van der Waals surface area contributed by atoms with E-state index in [2.05, 4.69) is 35.6 Å². The highest BCUT2D eigenvalue weighted by Gasteiger charge is 1.95. The zero-order valence-corrected chi connectivity index (χ0v) is 11.6. The third kappa shape index (κ3) is 5.58. The van der Waals surface area contributed by atoms with E-state index in [-0.39, 0.29) is 0 Å². The van der Waals surface area contributed by atoms with Gasteiger partial charge in [-0.3, -0.25) is 9.98 Å². The summed E-state index contributed by atoms with van der Waals surface area (Å²) in [5.41, 5.74) is 4.72. The highest BCUT2D eigenvalue weighted by Crippen LogP contribution is 2.07. The van der Waals surface area contributed by atoms with E-state index < -0.39 is 0 Å². The molecule has 0 aliphatic carbocycles. The van der Waals surface area contributed by atoms with Gasteiger partial charge in [-0.15, -0.1) is 0 Å². The van der Waals surface area contributed by atoms with Gasteiger partial charge < -0.3 is 0 Å². The monoisotopic (exact) mass is 242 g/mol. The van der Waals surface area contributed by atoms with Crippen LogP contribution in [0.25, 0.3) is 0 Å². The number of hydrogen-bond donors (Lipinski definition) is 0. The molecule has 1 aromatic rings. The van der Waals surface area contributed by atoms with Crippen LogP contribution in [0.15, 0.2) is 53.4 Å². The van der Waals surface area contributed by atoms with Crippen LogP contribution in [0.4, 0.5) is 0 Å². The smallest absolute Gasteiger partial charge is 0.0298 e. The summed E-state index contributed by atoms with van der Waals surface area (Å²) in [5, 5.41) is 0. The van der Waals surface area contributed by atoms with Gasteiger partial charge in [0.15, 0.2) is 0 Å². The van der Waals surface area contributed by atoms with Crippen LogP contribution in [0.3, 0.4) is 0 Å². The van der Waals surface area contributed by atoms with Gasteiger partial charge in [0.1, 0.15) is 0 Å². The van der Waals surface area contributed by atoms with Crippen molar-refractivity contribution in [2.45, 2.75) is 40.0 Å². The van der Waals surface area contributed by atoms with Gasteiger partial charge in [-0.25, -0.2) is 0 Å². The van der Waals surface area contributed by atoms with Gasteiger partial charge in [-0.05, 0) is 63.3 Å². The third-order valence-corrected chi connectivity index (χ3v) is 2.91. The van der Waals surface area contributed by atoms with Crippen molar-refractivity contribution in [1.82, 2.24) is 4.98 Å². The van der Waals surface area contributed by atoms with Gasteiger partial charge >= 0.3 is 0 Å². The topological polar surface area (TPSA) is 25.2 Å². The zero-order chi connectivity index (χ0) is 13.4. The number of aromatic nitrogens is 1. The second-order valence-corrected chi connectivity index (χ2v) is 4.67. The molecule has 0 amide bonds. The van der Waals surface area contributed by atoms with Crippen molar-refractivity contribution in [3.63, 3.8) is 0 Å². The molecule has 2 nitrogen and oxygen atoms in total. The number of allylic oxidation sites excluding steroid dienone is 2. The molecule has 18 heavy (non-hydrogen) atoms. The molecule has 0 radical (unpaired) electrons. The summed E-state index contributed by atoms with van der Waals surface area (Å²) in [7, 11) is 0. The molecule has 0 saturated heterocycles. The van der Waals surface area contributed by atoms with Crippen LogP contribution in [-0.4, -0.2) is 10.7 Å². The first-order chi connectivity index (χ1) is 8.59. The van der Waals surface area contributed by atoms with E-state index in [1.54, 1.807) is 0 Å². The van der Waals surface area contributed by atoms with E-state index in [0.717, 1.165) is 30.4 Å². The number of aliphatic imine (C=N–C) groups is 1. The Balaban J connectivity index is 2.38. The van der Waals surface area contributed by atoms with Gasteiger partial charge in [-0.2, -0.15) is 0 Å². The van der Waals surface area contributed by atoms with E-state index in [4.69, 9.17) is 0 Å². The van der Waals surface area contributed by atoms with Crippen LogP contribution in [0, 0.1) is 0 Å². The number of hydrogen-bond acceptors (Lipinski definition) is 2. The summed E-state index contributed by atoms with van der Waals surface area (Å²) in [4.78, 5) is 8.47. The average Bonchev–Trinajstić information content (AvgIpc) is 2.37. The highest BCUT2D eigenvalue weighted by atomic mass is 14.7. The minimum absolute atomic E-state index is 1.03. The predicted molar refractivity (Wildman–Crippen MR) is 78.9 cm³/mol. The van der Waals surface area contributed by atoms with Crippen molar-refractivity contribution in [2.24, 2.45) is 4.99 Å². The third-order valence-electron chi connectivity index (χ3n) is 2.91. The molecule has 0 unspecified atom stereocenters. The molecule has 1 rings (SSSR count). The van der Waals surface area contributed by atoms with Crippen LogP contribution < -0.4 is 0 Å². The van der Waals surface area contributed by atoms with E-state index >= 15 is 0 Å². The number of aryl methyl sites for hydroxylation is 1. The number of pyridine rings is 1. The lowest BCUT2D eigenvalue weighted by molar-refractivity contribution is 0.860. The molecule has 2 heteroatoms. The lowest BCUT2D eigenvalue weighted by atomic mass is 10.1. The second kappa shape index (κ2) is 7.59. The highest BCUT2D eigenvalue weighted by molar-refractivity contribution is 5.82. The molecule has 0 aliphatic heterocycles. The molecule has 0 fully saturated rings. The number of rotatable bonds is 6. The number of nitrogens with zero attached hydrogens (tertiary/aromatic N) is 2. The Kier molecular flexibility index (Phi) is 6.06. The maximum Gasteiger partial charge on any atom is 0.0298 e. The molecule has 96 valence electrons. The van der Waals surface area contributed by atoms with Crippen molar-refractivity contribution >= 4 is 5.71 Å². The normalized spacial score (nSPS) is 12.6. The van der Waals surface area contributed by atoms with Gasteiger partial charge in [0, 0.05) is 24.3 Å². The van der Waals surface area contributed by atoms with E-state index in [1.165, 1.54) is 11.3 Å². The molecule has 0 bridgehead atoms. The molecule has 0 spiro atoms. The Morgan fingerprint density at radius 1 is 1.28 bits per heavy atom. The summed E-state index contributed by atoms with van der Waals surface area (Å²) >= 11 is 0. The molecule has 0 saturated carbocycles. The van der Waals surface area contributed by atoms with Crippen molar-refractivity contribution < 1.29 is 0 Å². The maximum absolute atomic E-state index is 4.46. The summed E-state index contributed by atoms with van der Waals surface area (Å²) in [6.45, 7) is 10.0. The second-order valence-electron chi connectivity index (χ2n) is 4.67. The molecule has 0 aromatic carbocycles. The molecule has 0 atom stereocenters. The first-order valence-corrected chi connectivity index (χ1v) is 6.34. The van der Waals surface area contributed by atoms with Crippen molar-refractivity contribution in [2.75, 3.05) is 0 Å². The van der Waals surface area contributed by atoms with Crippen LogP contribution >= 0.6 is 0 Å². The first kappa shape index (κ1) is 14.4. The fraction of sp³-hybridized carbons (Fsp3) is 0.375. The van der Waals surface area contributed by atoms with Gasteiger partial charge in [0.2, 0.25) is 0 Å². The summed E-state index contributed by atoms with van der Waals surface area (Å²) in [5.74, 6) is 0. The molecule has 0 N–H and O–H groups in total. The maximum atomic E-state index is 4.46. The Labute approximate surface area is 110 Å². The van der Waals surface area contributed by atoms with Crippen LogP contribution in [0.2, 0.25) is 0 Å². The lowest BCUT2D eigenvalue weighted by Gasteiger charge is -2.01. The molecule has 0 aliphatic rings. The van der Waals surface area contributed by atoms with Crippen molar-refractivity contribution in [3.8, 4) is 0 Å². The average molecular weight is 242 g/mol. The quantitative estimate of drug-likeness (QED) is 0.538. The minimum atomic E-state index is 1.03. The summed E-state index contributed by atoms with van der Waals surface area (Å²) < 4.78 is 0. The first-order valence-electron chi connectivity index (χ1n) is 6.34. The molecular formula is C16H22N2.